The van der Waals surface area contributed by atoms with Gasteiger partial charge < -0.3 is 15.0 Å². The summed E-state index contributed by atoms with van der Waals surface area (Å²) >= 11 is 1.79. The Balaban J connectivity index is 1.43. The first-order chi connectivity index (χ1) is 15.4. The molecule has 1 aromatic carbocycles. The molecule has 3 heterocycles. The molecule has 1 saturated heterocycles. The van der Waals surface area contributed by atoms with Crippen molar-refractivity contribution in [2.24, 2.45) is 4.99 Å². The molecule has 1 aromatic heterocycles. The van der Waals surface area contributed by atoms with Crippen molar-refractivity contribution in [2.75, 3.05) is 44.3 Å². The van der Waals surface area contributed by atoms with Crippen molar-refractivity contribution in [3.63, 3.8) is 0 Å². The van der Waals surface area contributed by atoms with Crippen LogP contribution in [0.1, 0.15) is 49.4 Å². The third kappa shape index (κ3) is 4.54. The minimum Gasteiger partial charge on any atom is -0.397 e. The van der Waals surface area contributed by atoms with E-state index < -0.39 is 5.92 Å². The lowest BCUT2D eigenvalue weighted by Gasteiger charge is -2.31. The molecule has 174 valence electrons. The van der Waals surface area contributed by atoms with Crippen molar-refractivity contribution in [2.45, 2.75) is 57.0 Å². The number of nitrogen functional groups attached to an aromatic ring is 1. The van der Waals surface area contributed by atoms with Gasteiger partial charge in [0.05, 0.1) is 36.2 Å². The number of hydrogen-bond donors (Lipinski definition) is 1. The number of halogens is 2. The minimum absolute atomic E-state index is 0.0304. The number of hydrogen-bond acceptors (Lipinski definition) is 5. The predicted molar refractivity (Wildman–Crippen MR) is 128 cm³/mol. The van der Waals surface area contributed by atoms with Crippen LogP contribution in [0.3, 0.4) is 0 Å². The molecule has 0 spiro atoms. The van der Waals surface area contributed by atoms with Crippen molar-refractivity contribution >= 4 is 33.4 Å². The van der Waals surface area contributed by atoms with Crippen molar-refractivity contribution in [3.8, 4) is 0 Å². The van der Waals surface area contributed by atoms with Crippen molar-refractivity contribution in [1.82, 2.24) is 9.47 Å². The number of thioether (sulfide) groups is 1. The third-order valence-corrected chi connectivity index (χ3v) is 8.11. The zero-order valence-electron chi connectivity index (χ0n) is 18.7. The monoisotopic (exact) mass is 462 g/mol. The standard InChI is InChI=1S/C24H32F2N4OS/c1-16-12-17-14-21(23-28-18(15-32-23)4-7-29-8-10-31-11-9-29)30(22(17)20(27)13-16)19-2-5-24(25,26)6-3-19/h12-14,18-19H,2-11,15,27H2,1H3/t18-/m0/s1. The van der Waals surface area contributed by atoms with Crippen molar-refractivity contribution in [3.05, 3.63) is 29.5 Å². The van der Waals surface area contributed by atoms with Crippen LogP contribution in [0.2, 0.25) is 0 Å². The van der Waals surface area contributed by atoms with Gasteiger partial charge in [-0.2, -0.15) is 0 Å². The highest BCUT2D eigenvalue weighted by molar-refractivity contribution is 8.14. The SMILES string of the molecule is Cc1cc(N)c2c(c1)cc(C1=N[C@@H](CCN3CCOCC3)CS1)n2C1CCC(F)(F)CC1. The van der Waals surface area contributed by atoms with E-state index >= 15 is 0 Å². The number of ether oxygens (including phenoxy) is 1. The number of aliphatic imine (C=N–C) groups is 1. The molecular formula is C24H32F2N4OS. The van der Waals surface area contributed by atoms with Crippen LogP contribution >= 0.6 is 11.8 Å². The lowest BCUT2D eigenvalue weighted by atomic mass is 9.91. The van der Waals surface area contributed by atoms with Gasteiger partial charge in [-0.1, -0.05) is 0 Å². The molecule has 3 aliphatic rings. The van der Waals surface area contributed by atoms with E-state index in [-0.39, 0.29) is 18.9 Å². The number of fused-ring (bicyclic) bond motifs is 1. The largest absolute Gasteiger partial charge is 0.397 e. The van der Waals surface area contributed by atoms with Gasteiger partial charge in [-0.05, 0) is 49.9 Å². The Labute approximate surface area is 192 Å². The highest BCUT2D eigenvalue weighted by Crippen LogP contribution is 2.43. The van der Waals surface area contributed by atoms with Crippen LogP contribution in [-0.4, -0.2) is 65.1 Å². The molecule has 0 unspecified atom stereocenters. The highest BCUT2D eigenvalue weighted by Gasteiger charge is 2.37. The van der Waals surface area contributed by atoms with Crippen molar-refractivity contribution < 1.29 is 13.5 Å². The van der Waals surface area contributed by atoms with Gasteiger partial charge in [0.25, 0.3) is 0 Å². The fraction of sp³-hybridized carbons (Fsp3) is 0.625. The summed E-state index contributed by atoms with van der Waals surface area (Å²) in [6, 6.07) is 6.61. The molecule has 2 fully saturated rings. The minimum atomic E-state index is -2.55. The van der Waals surface area contributed by atoms with Crippen LogP contribution in [0.25, 0.3) is 10.9 Å². The maximum Gasteiger partial charge on any atom is 0.248 e. The zero-order valence-corrected chi connectivity index (χ0v) is 19.5. The molecule has 0 bridgehead atoms. The first-order valence-corrected chi connectivity index (χ1v) is 12.7. The molecule has 8 heteroatoms. The summed E-state index contributed by atoms with van der Waals surface area (Å²) < 4.78 is 35.4. The number of morpholine rings is 1. The van der Waals surface area contributed by atoms with E-state index in [1.54, 1.807) is 11.8 Å². The molecule has 5 nitrogen and oxygen atoms in total. The fourth-order valence-corrected chi connectivity index (χ4v) is 6.37. The Kier molecular flexibility index (Phi) is 6.20. The summed E-state index contributed by atoms with van der Waals surface area (Å²) in [6.45, 7) is 6.70. The Morgan fingerprint density at radius 1 is 1.19 bits per heavy atom. The second-order valence-electron chi connectivity index (χ2n) is 9.42. The molecule has 2 N–H and O–H groups in total. The number of alkyl halides is 2. The highest BCUT2D eigenvalue weighted by atomic mass is 32.2. The summed E-state index contributed by atoms with van der Waals surface area (Å²) in [5.41, 5.74) is 10.3. The fourth-order valence-electron chi connectivity index (χ4n) is 5.25. The number of nitrogens with two attached hydrogens (primary N) is 1. The van der Waals surface area contributed by atoms with Crippen LogP contribution in [0, 0.1) is 6.92 Å². The van der Waals surface area contributed by atoms with Crippen LogP contribution in [-0.2, 0) is 4.74 Å². The van der Waals surface area contributed by atoms with Crippen LogP contribution in [0.5, 0.6) is 0 Å². The molecule has 2 aromatic rings. The average Bonchev–Trinajstić information content (AvgIpc) is 3.38. The van der Waals surface area contributed by atoms with Crippen molar-refractivity contribution in [1.29, 1.82) is 0 Å². The van der Waals surface area contributed by atoms with E-state index in [0.717, 1.165) is 77.9 Å². The number of rotatable bonds is 5. The Bertz CT molecular complexity index is 1010. The number of anilines is 1. The zero-order chi connectivity index (χ0) is 22.3. The van der Waals surface area contributed by atoms with E-state index in [2.05, 4.69) is 21.6 Å². The summed E-state index contributed by atoms with van der Waals surface area (Å²) in [4.78, 5) is 7.53. The lowest BCUT2D eigenvalue weighted by Crippen LogP contribution is -2.37. The van der Waals surface area contributed by atoms with Gasteiger partial charge in [0.15, 0.2) is 0 Å². The first kappa shape index (κ1) is 22.2. The number of aromatic nitrogens is 1. The quantitative estimate of drug-likeness (QED) is 0.645. The first-order valence-electron chi connectivity index (χ1n) is 11.7. The van der Waals surface area contributed by atoms with Gasteiger partial charge in [0, 0.05) is 49.7 Å². The van der Waals surface area contributed by atoms with Gasteiger partial charge in [0.1, 0.15) is 5.04 Å². The predicted octanol–water partition coefficient (Wildman–Crippen LogP) is 4.87. The topological polar surface area (TPSA) is 55.8 Å². The number of aryl methyl sites for hydroxylation is 1. The van der Waals surface area contributed by atoms with Crippen LogP contribution in [0.4, 0.5) is 14.5 Å². The van der Waals surface area contributed by atoms with Crippen LogP contribution < -0.4 is 5.73 Å². The lowest BCUT2D eigenvalue weighted by molar-refractivity contribution is -0.0436. The number of nitrogens with zero attached hydrogens (tertiary/aromatic N) is 3. The maximum atomic E-state index is 13.9. The molecule has 1 saturated carbocycles. The van der Waals surface area contributed by atoms with E-state index in [9.17, 15) is 8.78 Å². The van der Waals surface area contributed by atoms with E-state index in [1.807, 2.05) is 13.0 Å². The summed E-state index contributed by atoms with van der Waals surface area (Å²) in [5, 5.41) is 2.11. The Hall–Kier alpha value is -1.64. The number of benzene rings is 1. The normalized spacial score (nSPS) is 24.8. The second kappa shape index (κ2) is 8.95. The molecule has 0 amide bonds. The maximum absolute atomic E-state index is 13.9. The molecule has 1 atom stereocenters. The molecule has 5 rings (SSSR count). The molecule has 2 aliphatic heterocycles. The summed E-state index contributed by atoms with van der Waals surface area (Å²) in [6.07, 6.45) is 1.84. The molecule has 0 radical (unpaired) electrons. The van der Waals surface area contributed by atoms with Gasteiger partial charge >= 0.3 is 0 Å². The summed E-state index contributed by atoms with van der Waals surface area (Å²) in [5.74, 6) is -1.58. The summed E-state index contributed by atoms with van der Waals surface area (Å²) in [7, 11) is 0. The average molecular weight is 463 g/mol. The Morgan fingerprint density at radius 3 is 2.69 bits per heavy atom. The van der Waals surface area contributed by atoms with Gasteiger partial charge in [0.2, 0.25) is 5.92 Å². The van der Waals surface area contributed by atoms with Crippen LogP contribution in [0.15, 0.2) is 23.2 Å². The second-order valence-corrected chi connectivity index (χ2v) is 10.4. The van der Waals surface area contributed by atoms with E-state index in [0.29, 0.717) is 18.9 Å². The van der Waals surface area contributed by atoms with Gasteiger partial charge in [-0.25, -0.2) is 8.78 Å². The van der Waals surface area contributed by atoms with Gasteiger partial charge in [-0.3, -0.25) is 9.89 Å². The van der Waals surface area contributed by atoms with Gasteiger partial charge in [-0.15, -0.1) is 11.8 Å². The van der Waals surface area contributed by atoms with E-state index in [4.69, 9.17) is 15.5 Å². The Morgan fingerprint density at radius 2 is 1.94 bits per heavy atom. The van der Waals surface area contributed by atoms with E-state index in [1.165, 1.54) is 0 Å². The third-order valence-electron chi connectivity index (χ3n) is 6.97. The molecular weight excluding hydrogens is 430 g/mol. The molecule has 1 aliphatic carbocycles. The molecule has 32 heavy (non-hydrogen) atoms. The smallest absolute Gasteiger partial charge is 0.248 e.